The number of nitrogens with one attached hydrogen (secondary N) is 1. The van der Waals surface area contributed by atoms with Crippen LogP contribution in [0.2, 0.25) is 0 Å². The van der Waals surface area contributed by atoms with Crippen molar-refractivity contribution in [1.82, 2.24) is 33.9 Å². The van der Waals surface area contributed by atoms with Gasteiger partial charge in [-0.1, -0.05) is 12.1 Å². The highest BCUT2D eigenvalue weighted by molar-refractivity contribution is 7.88. The predicted molar refractivity (Wildman–Crippen MR) is 150 cm³/mol. The Labute approximate surface area is 242 Å². The van der Waals surface area contributed by atoms with Crippen LogP contribution >= 0.6 is 0 Å². The molecule has 2 fully saturated rings. The first-order valence-electron chi connectivity index (χ1n) is 13.6. The molecule has 4 heterocycles. The molecule has 2 aliphatic heterocycles. The van der Waals surface area contributed by atoms with Crippen LogP contribution in [0.4, 0.5) is 23.5 Å². The highest BCUT2D eigenvalue weighted by Gasteiger charge is 2.37. The van der Waals surface area contributed by atoms with Crippen LogP contribution in [0.5, 0.6) is 0 Å². The number of alkyl halides is 4. The van der Waals surface area contributed by atoms with Crippen molar-refractivity contribution < 1.29 is 26.0 Å². The van der Waals surface area contributed by atoms with Gasteiger partial charge in [0.2, 0.25) is 16.0 Å². The van der Waals surface area contributed by atoms with Crippen molar-refractivity contribution in [2.75, 3.05) is 57.9 Å². The first kappa shape index (κ1) is 30.3. The number of anilines is 1. The maximum absolute atomic E-state index is 14.8. The Bertz CT molecular complexity index is 1520. The number of nitrogens with zero attached hydrogens (tertiary/aromatic N) is 7. The van der Waals surface area contributed by atoms with Crippen LogP contribution in [0, 0.1) is 6.92 Å². The molecule has 0 saturated carbocycles. The van der Waals surface area contributed by atoms with Gasteiger partial charge in [0.25, 0.3) is 0 Å². The molecule has 2 saturated heterocycles. The van der Waals surface area contributed by atoms with Crippen LogP contribution in [-0.2, 0) is 22.7 Å². The maximum Gasteiger partial charge on any atom is 0.419 e. The van der Waals surface area contributed by atoms with Crippen molar-refractivity contribution >= 4 is 16.0 Å². The SMILES string of the molecule is Cc1cc(CN2CCN(C)CC2)ccc1-n1cc(-c2nc(N[C@H]3CCN(S(C)(=O)=O)C[C@H]3F)ncc2C(F)(F)F)cn1. The summed E-state index contributed by atoms with van der Waals surface area (Å²) in [4.78, 5) is 12.6. The van der Waals surface area contributed by atoms with E-state index in [-0.39, 0.29) is 36.7 Å². The normalized spacial score (nSPS) is 21.5. The lowest BCUT2D eigenvalue weighted by Crippen LogP contribution is -2.49. The van der Waals surface area contributed by atoms with E-state index in [1.165, 1.54) is 17.1 Å². The van der Waals surface area contributed by atoms with E-state index < -0.39 is 34.0 Å². The second-order valence-corrected chi connectivity index (χ2v) is 13.0. The summed E-state index contributed by atoms with van der Waals surface area (Å²) < 4.78 is 82.7. The lowest BCUT2D eigenvalue weighted by Gasteiger charge is -2.33. The summed E-state index contributed by atoms with van der Waals surface area (Å²) in [5.41, 5.74) is 1.48. The summed E-state index contributed by atoms with van der Waals surface area (Å²) in [5.74, 6) is -0.185. The highest BCUT2D eigenvalue weighted by Crippen LogP contribution is 2.36. The van der Waals surface area contributed by atoms with Crippen molar-refractivity contribution in [1.29, 1.82) is 0 Å². The molecule has 228 valence electrons. The molecule has 0 aliphatic carbocycles. The zero-order chi connectivity index (χ0) is 30.2. The van der Waals surface area contributed by atoms with Gasteiger partial charge in [0, 0.05) is 63.8 Å². The van der Waals surface area contributed by atoms with Gasteiger partial charge in [-0.05, 0) is 37.6 Å². The average molecular weight is 611 g/mol. The van der Waals surface area contributed by atoms with Crippen LogP contribution in [-0.4, -0.2) is 107 Å². The van der Waals surface area contributed by atoms with Gasteiger partial charge in [0.15, 0.2) is 0 Å². The summed E-state index contributed by atoms with van der Waals surface area (Å²) in [6.45, 7) is 6.48. The monoisotopic (exact) mass is 610 g/mol. The van der Waals surface area contributed by atoms with Crippen LogP contribution in [0.25, 0.3) is 16.9 Å². The van der Waals surface area contributed by atoms with Crippen LogP contribution in [0.3, 0.4) is 0 Å². The Hall–Kier alpha value is -3.14. The smallest absolute Gasteiger partial charge is 0.348 e. The van der Waals surface area contributed by atoms with Crippen LogP contribution in [0.1, 0.15) is 23.1 Å². The van der Waals surface area contributed by atoms with Gasteiger partial charge in [-0.15, -0.1) is 0 Å². The second kappa shape index (κ2) is 11.9. The number of sulfonamides is 1. The van der Waals surface area contributed by atoms with Crippen molar-refractivity contribution in [3.8, 4) is 16.9 Å². The Kier molecular flexibility index (Phi) is 8.56. The minimum absolute atomic E-state index is 0.0741. The molecule has 2 atom stereocenters. The molecule has 0 radical (unpaired) electrons. The number of hydrogen-bond donors (Lipinski definition) is 1. The quantitative estimate of drug-likeness (QED) is 0.408. The largest absolute Gasteiger partial charge is 0.419 e. The molecule has 0 spiro atoms. The minimum Gasteiger partial charge on any atom is -0.348 e. The number of benzene rings is 1. The third-order valence-corrected chi connectivity index (χ3v) is 9.02. The standard InChI is InChI=1S/C27H34F4N8O2S/c1-18-12-19(15-37-10-8-36(2)9-11-37)4-5-24(18)39-16-20(13-33-39)25-21(27(29,30)31)14-32-26(35-25)34-23-6-7-38(17-22(23)28)42(3,40)41/h4-5,12-14,16,22-23H,6-11,15,17H2,1-3H3,(H,32,34,35)/t22-,23+/m1/s1. The summed E-state index contributed by atoms with van der Waals surface area (Å²) in [6.07, 6.45) is -1.76. The van der Waals surface area contributed by atoms with Crippen LogP contribution in [0.15, 0.2) is 36.8 Å². The van der Waals surface area contributed by atoms with E-state index in [1.807, 2.05) is 19.1 Å². The number of piperidine rings is 1. The molecule has 42 heavy (non-hydrogen) atoms. The molecular formula is C27H34F4N8O2S. The third kappa shape index (κ3) is 6.90. The van der Waals surface area contributed by atoms with E-state index >= 15 is 0 Å². The molecule has 5 rings (SSSR count). The molecule has 10 nitrogen and oxygen atoms in total. The number of halogens is 4. The fourth-order valence-corrected chi connectivity index (χ4v) is 6.15. The van der Waals surface area contributed by atoms with Crippen LogP contribution < -0.4 is 5.32 Å². The fraction of sp³-hybridized carbons (Fsp3) is 0.519. The van der Waals surface area contributed by atoms with E-state index in [1.54, 1.807) is 0 Å². The summed E-state index contributed by atoms with van der Waals surface area (Å²) in [5, 5.41) is 7.08. The van der Waals surface area contributed by atoms with E-state index in [9.17, 15) is 26.0 Å². The minimum atomic E-state index is -4.74. The first-order valence-corrected chi connectivity index (χ1v) is 15.5. The Morgan fingerprint density at radius 2 is 1.83 bits per heavy atom. The molecular weight excluding hydrogens is 576 g/mol. The number of likely N-dealkylation sites (N-methyl/N-ethyl adjacent to an activating group) is 1. The van der Waals surface area contributed by atoms with Gasteiger partial charge in [0.1, 0.15) is 11.7 Å². The first-order chi connectivity index (χ1) is 19.8. The number of aryl methyl sites for hydroxylation is 1. The number of hydrogen-bond acceptors (Lipinski definition) is 8. The Morgan fingerprint density at radius 3 is 2.48 bits per heavy atom. The molecule has 3 aromatic rings. The lowest BCUT2D eigenvalue weighted by atomic mass is 10.1. The fourth-order valence-electron chi connectivity index (χ4n) is 5.30. The van der Waals surface area contributed by atoms with Gasteiger partial charge in [-0.25, -0.2) is 27.5 Å². The van der Waals surface area contributed by atoms with Gasteiger partial charge in [0.05, 0.1) is 29.9 Å². The Morgan fingerprint density at radius 1 is 1.10 bits per heavy atom. The number of rotatable bonds is 7. The molecule has 2 aliphatic rings. The molecule has 0 unspecified atom stereocenters. The summed E-state index contributed by atoms with van der Waals surface area (Å²) >= 11 is 0. The van der Waals surface area contributed by atoms with Gasteiger partial charge in [-0.2, -0.15) is 22.6 Å². The van der Waals surface area contributed by atoms with E-state index in [4.69, 9.17) is 0 Å². The predicted octanol–water partition coefficient (Wildman–Crippen LogP) is 3.19. The molecule has 2 aromatic heterocycles. The zero-order valence-electron chi connectivity index (χ0n) is 23.6. The number of aromatic nitrogens is 4. The summed E-state index contributed by atoms with van der Waals surface area (Å²) in [7, 11) is -1.45. The van der Waals surface area contributed by atoms with Crippen molar-refractivity contribution in [2.24, 2.45) is 0 Å². The maximum atomic E-state index is 14.8. The van der Waals surface area contributed by atoms with Crippen molar-refractivity contribution in [3.05, 3.63) is 53.5 Å². The Balaban J connectivity index is 1.36. The molecule has 0 bridgehead atoms. The zero-order valence-corrected chi connectivity index (χ0v) is 24.5. The van der Waals surface area contributed by atoms with Gasteiger partial charge < -0.3 is 10.2 Å². The van der Waals surface area contributed by atoms with E-state index in [0.29, 0.717) is 6.20 Å². The topological polar surface area (TPSA) is 99.5 Å². The number of piperazine rings is 1. The van der Waals surface area contributed by atoms with E-state index in [0.717, 1.165) is 60.1 Å². The molecule has 15 heteroatoms. The lowest BCUT2D eigenvalue weighted by molar-refractivity contribution is -0.137. The van der Waals surface area contributed by atoms with Crippen molar-refractivity contribution in [3.63, 3.8) is 0 Å². The highest BCUT2D eigenvalue weighted by atomic mass is 32.2. The van der Waals surface area contributed by atoms with Gasteiger partial charge in [-0.3, -0.25) is 4.90 Å². The third-order valence-electron chi connectivity index (χ3n) is 7.75. The molecule has 1 N–H and O–H groups in total. The van der Waals surface area contributed by atoms with Crippen molar-refractivity contribution in [2.45, 2.75) is 38.3 Å². The summed E-state index contributed by atoms with van der Waals surface area (Å²) in [6, 6.07) is 5.10. The average Bonchev–Trinajstić information content (AvgIpc) is 3.40. The second-order valence-electron chi connectivity index (χ2n) is 11.0. The van der Waals surface area contributed by atoms with E-state index in [2.05, 4.69) is 43.3 Å². The van der Waals surface area contributed by atoms with Gasteiger partial charge >= 0.3 is 6.18 Å². The molecule has 0 amide bonds. The molecule has 1 aromatic carbocycles.